The van der Waals surface area contributed by atoms with Crippen molar-refractivity contribution in [2.45, 2.75) is 6.92 Å². The highest BCUT2D eigenvalue weighted by Crippen LogP contribution is 2.16. The lowest BCUT2D eigenvalue weighted by atomic mass is 10.1. The standard InChI is InChI=1S/C18H14N2O4/c1-11(21)19-13-6-8-14(9-7-13)20-17(22)15-10-12-4-2-3-5-16(12)24-18(15)23/h2-10H,1H3,(H,19,21)(H,20,22). The molecule has 0 fully saturated rings. The van der Waals surface area contributed by atoms with Crippen LogP contribution in [0.25, 0.3) is 11.0 Å². The van der Waals surface area contributed by atoms with Crippen molar-refractivity contribution < 1.29 is 14.0 Å². The monoisotopic (exact) mass is 322 g/mol. The van der Waals surface area contributed by atoms with E-state index < -0.39 is 11.5 Å². The number of hydrogen-bond acceptors (Lipinski definition) is 4. The Morgan fingerprint density at radius 2 is 1.54 bits per heavy atom. The first-order valence-electron chi connectivity index (χ1n) is 7.25. The Morgan fingerprint density at radius 1 is 0.917 bits per heavy atom. The SMILES string of the molecule is CC(=O)Nc1ccc(NC(=O)c2cc3ccccc3oc2=O)cc1. The molecule has 6 heteroatoms. The number of fused-ring (bicyclic) bond motifs is 1. The topological polar surface area (TPSA) is 88.4 Å². The number of amides is 2. The Morgan fingerprint density at radius 3 is 2.21 bits per heavy atom. The van der Waals surface area contributed by atoms with Crippen molar-refractivity contribution in [2.24, 2.45) is 0 Å². The molecule has 6 nitrogen and oxygen atoms in total. The van der Waals surface area contributed by atoms with E-state index in [0.29, 0.717) is 22.3 Å². The maximum absolute atomic E-state index is 12.3. The van der Waals surface area contributed by atoms with Crippen molar-refractivity contribution in [3.8, 4) is 0 Å². The predicted octanol–water partition coefficient (Wildman–Crippen LogP) is 3.00. The summed E-state index contributed by atoms with van der Waals surface area (Å²) in [6.07, 6.45) is 0. The molecule has 2 amide bonds. The van der Waals surface area contributed by atoms with Crippen LogP contribution in [0.3, 0.4) is 0 Å². The van der Waals surface area contributed by atoms with Gasteiger partial charge in [0.15, 0.2) is 0 Å². The molecule has 0 saturated carbocycles. The number of para-hydroxylation sites is 1. The van der Waals surface area contributed by atoms with Crippen LogP contribution in [0.2, 0.25) is 0 Å². The Hall–Kier alpha value is -3.41. The maximum Gasteiger partial charge on any atom is 0.349 e. The summed E-state index contributed by atoms with van der Waals surface area (Å²) in [7, 11) is 0. The molecule has 0 aliphatic rings. The van der Waals surface area contributed by atoms with Gasteiger partial charge in [0.05, 0.1) is 0 Å². The summed E-state index contributed by atoms with van der Waals surface area (Å²) in [6, 6.07) is 15.0. The van der Waals surface area contributed by atoms with E-state index in [0.717, 1.165) is 0 Å². The predicted molar refractivity (Wildman–Crippen MR) is 91.2 cm³/mol. The summed E-state index contributed by atoms with van der Waals surface area (Å²) in [5.74, 6) is -0.734. The molecule has 0 spiro atoms. The fourth-order valence-electron chi connectivity index (χ4n) is 2.26. The molecule has 0 radical (unpaired) electrons. The van der Waals surface area contributed by atoms with Crippen LogP contribution in [0.1, 0.15) is 17.3 Å². The van der Waals surface area contributed by atoms with Gasteiger partial charge in [-0.05, 0) is 36.4 Å². The van der Waals surface area contributed by atoms with Crippen molar-refractivity contribution in [2.75, 3.05) is 10.6 Å². The molecular formula is C18H14N2O4. The van der Waals surface area contributed by atoms with Gasteiger partial charge in [0, 0.05) is 23.7 Å². The zero-order chi connectivity index (χ0) is 17.1. The summed E-state index contributed by atoms with van der Waals surface area (Å²) in [6.45, 7) is 1.41. The lowest BCUT2D eigenvalue weighted by Gasteiger charge is -2.07. The second-order valence-corrected chi connectivity index (χ2v) is 5.20. The van der Waals surface area contributed by atoms with Crippen molar-refractivity contribution >= 4 is 34.2 Å². The molecule has 1 heterocycles. The number of carbonyl (C=O) groups is 2. The number of hydrogen-bond donors (Lipinski definition) is 2. The van der Waals surface area contributed by atoms with Gasteiger partial charge in [0.2, 0.25) is 5.91 Å². The summed E-state index contributed by atoms with van der Waals surface area (Å²) in [4.78, 5) is 35.2. The molecule has 2 aromatic carbocycles. The fourth-order valence-corrected chi connectivity index (χ4v) is 2.26. The second kappa shape index (κ2) is 6.37. The van der Waals surface area contributed by atoms with Crippen LogP contribution in [-0.2, 0) is 4.79 Å². The van der Waals surface area contributed by atoms with Crippen LogP contribution >= 0.6 is 0 Å². The number of nitrogens with one attached hydrogen (secondary N) is 2. The minimum atomic E-state index is -0.693. The van der Waals surface area contributed by atoms with Crippen LogP contribution in [-0.4, -0.2) is 11.8 Å². The first-order chi connectivity index (χ1) is 11.5. The zero-order valence-electron chi connectivity index (χ0n) is 12.8. The Labute approximate surface area is 137 Å². The number of carbonyl (C=O) groups excluding carboxylic acids is 2. The third-order valence-electron chi connectivity index (χ3n) is 3.35. The Kier molecular flexibility index (Phi) is 4.11. The molecule has 0 unspecified atom stereocenters. The normalized spacial score (nSPS) is 10.4. The van der Waals surface area contributed by atoms with Crippen molar-refractivity contribution in [1.29, 1.82) is 0 Å². The van der Waals surface area contributed by atoms with Crippen molar-refractivity contribution in [3.63, 3.8) is 0 Å². The Bertz CT molecular complexity index is 974. The van der Waals surface area contributed by atoms with Crippen LogP contribution in [0.4, 0.5) is 11.4 Å². The molecule has 120 valence electrons. The van der Waals surface area contributed by atoms with E-state index in [-0.39, 0.29) is 11.5 Å². The van der Waals surface area contributed by atoms with Gasteiger partial charge in [-0.15, -0.1) is 0 Å². The van der Waals surface area contributed by atoms with E-state index >= 15 is 0 Å². The molecule has 0 atom stereocenters. The van der Waals surface area contributed by atoms with Gasteiger partial charge in [0.1, 0.15) is 11.1 Å². The van der Waals surface area contributed by atoms with Gasteiger partial charge < -0.3 is 15.1 Å². The number of anilines is 2. The van der Waals surface area contributed by atoms with Gasteiger partial charge in [0.25, 0.3) is 5.91 Å². The van der Waals surface area contributed by atoms with Crippen LogP contribution in [0.5, 0.6) is 0 Å². The highest BCUT2D eigenvalue weighted by atomic mass is 16.4. The molecule has 3 rings (SSSR count). The molecule has 0 saturated heterocycles. The molecule has 24 heavy (non-hydrogen) atoms. The zero-order valence-corrected chi connectivity index (χ0v) is 12.8. The van der Waals surface area contributed by atoms with Crippen molar-refractivity contribution in [3.05, 3.63) is 70.6 Å². The molecule has 0 aliphatic heterocycles. The van der Waals surface area contributed by atoms with Gasteiger partial charge in [-0.25, -0.2) is 4.79 Å². The number of rotatable bonds is 3. The minimum Gasteiger partial charge on any atom is -0.422 e. The summed E-state index contributed by atoms with van der Waals surface area (Å²) in [5.41, 5.74) is 0.784. The third kappa shape index (κ3) is 3.33. The summed E-state index contributed by atoms with van der Waals surface area (Å²) in [5, 5.41) is 5.93. The average Bonchev–Trinajstić information content (AvgIpc) is 2.55. The molecule has 0 bridgehead atoms. The highest BCUT2D eigenvalue weighted by Gasteiger charge is 2.13. The van der Waals surface area contributed by atoms with E-state index in [1.807, 2.05) is 0 Å². The van der Waals surface area contributed by atoms with E-state index in [1.165, 1.54) is 13.0 Å². The van der Waals surface area contributed by atoms with Gasteiger partial charge in [-0.2, -0.15) is 0 Å². The lowest BCUT2D eigenvalue weighted by Crippen LogP contribution is -2.20. The van der Waals surface area contributed by atoms with Crippen LogP contribution < -0.4 is 16.3 Å². The minimum absolute atomic E-state index is 0.0698. The maximum atomic E-state index is 12.3. The van der Waals surface area contributed by atoms with E-state index in [1.54, 1.807) is 48.5 Å². The highest BCUT2D eigenvalue weighted by molar-refractivity contribution is 6.05. The third-order valence-corrected chi connectivity index (χ3v) is 3.35. The van der Waals surface area contributed by atoms with Gasteiger partial charge in [-0.1, -0.05) is 18.2 Å². The first-order valence-corrected chi connectivity index (χ1v) is 7.25. The molecule has 0 aliphatic carbocycles. The van der Waals surface area contributed by atoms with E-state index in [2.05, 4.69) is 10.6 Å². The second-order valence-electron chi connectivity index (χ2n) is 5.20. The molecule has 1 aromatic heterocycles. The van der Waals surface area contributed by atoms with Gasteiger partial charge >= 0.3 is 5.63 Å². The fraction of sp³-hybridized carbons (Fsp3) is 0.0556. The Balaban J connectivity index is 1.83. The van der Waals surface area contributed by atoms with Crippen LogP contribution in [0.15, 0.2) is 63.8 Å². The number of benzene rings is 2. The van der Waals surface area contributed by atoms with Gasteiger partial charge in [-0.3, -0.25) is 9.59 Å². The molecule has 3 aromatic rings. The summed E-state index contributed by atoms with van der Waals surface area (Å²) >= 11 is 0. The average molecular weight is 322 g/mol. The van der Waals surface area contributed by atoms with E-state index in [4.69, 9.17) is 4.42 Å². The van der Waals surface area contributed by atoms with E-state index in [9.17, 15) is 14.4 Å². The quantitative estimate of drug-likeness (QED) is 0.726. The van der Waals surface area contributed by atoms with Crippen molar-refractivity contribution in [1.82, 2.24) is 0 Å². The lowest BCUT2D eigenvalue weighted by molar-refractivity contribution is -0.114. The molecule has 2 N–H and O–H groups in total. The first kappa shape index (κ1) is 15.5. The smallest absolute Gasteiger partial charge is 0.349 e. The summed E-state index contributed by atoms with van der Waals surface area (Å²) < 4.78 is 5.15. The molecular weight excluding hydrogens is 308 g/mol. The van der Waals surface area contributed by atoms with Crippen LogP contribution in [0, 0.1) is 0 Å². The largest absolute Gasteiger partial charge is 0.422 e.